The molecule has 1 aromatic heterocycles. The summed E-state index contributed by atoms with van der Waals surface area (Å²) in [5.41, 5.74) is 4.88. The third kappa shape index (κ3) is 3.69. The van der Waals surface area contributed by atoms with Gasteiger partial charge in [0.05, 0.1) is 13.2 Å². The van der Waals surface area contributed by atoms with Gasteiger partial charge < -0.3 is 20.8 Å². The van der Waals surface area contributed by atoms with Crippen LogP contribution in [0.5, 0.6) is 0 Å². The Hall–Kier alpha value is -1.11. The van der Waals surface area contributed by atoms with Gasteiger partial charge in [-0.1, -0.05) is 18.5 Å². The molecule has 6 nitrogen and oxygen atoms in total. The molecule has 0 aromatic carbocycles. The predicted octanol–water partition coefficient (Wildman–Crippen LogP) is 0.139. The molecule has 1 aromatic rings. The average Bonchev–Trinajstić information content (AvgIpc) is 2.27. The van der Waals surface area contributed by atoms with Crippen molar-refractivity contribution in [1.82, 2.24) is 9.97 Å². The number of hydrogen-bond acceptors (Lipinski definition) is 6. The predicted molar refractivity (Wildman–Crippen MR) is 67.0 cm³/mol. The smallest absolute Gasteiger partial charge is 0.223 e. The van der Waals surface area contributed by atoms with Crippen LogP contribution in [0, 0.1) is 5.41 Å². The Bertz CT molecular complexity index is 364. The summed E-state index contributed by atoms with van der Waals surface area (Å²) >= 11 is 5.78. The lowest BCUT2D eigenvalue weighted by Crippen LogP contribution is -2.39. The molecule has 0 bridgehead atoms. The molecule has 0 saturated heterocycles. The summed E-state index contributed by atoms with van der Waals surface area (Å²) in [6, 6.07) is 1.58. The number of nitrogens with two attached hydrogens (primary N) is 1. The van der Waals surface area contributed by atoms with Gasteiger partial charge in [-0.15, -0.1) is 0 Å². The molecule has 0 saturated carbocycles. The van der Waals surface area contributed by atoms with Crippen molar-refractivity contribution in [3.63, 3.8) is 0 Å². The van der Waals surface area contributed by atoms with E-state index in [2.05, 4.69) is 9.97 Å². The Morgan fingerprint density at radius 3 is 2.47 bits per heavy atom. The Balaban J connectivity index is 2.85. The minimum Gasteiger partial charge on any atom is -0.396 e. The highest BCUT2D eigenvalue weighted by Gasteiger charge is 2.25. The van der Waals surface area contributed by atoms with Gasteiger partial charge in [0, 0.05) is 25.1 Å². The molecule has 1 rings (SSSR count). The fourth-order valence-corrected chi connectivity index (χ4v) is 1.61. The second-order valence-corrected chi connectivity index (χ2v) is 4.78. The van der Waals surface area contributed by atoms with Gasteiger partial charge in [0.25, 0.3) is 0 Å². The molecule has 0 aliphatic heterocycles. The molecule has 0 spiro atoms. The van der Waals surface area contributed by atoms with Crippen LogP contribution in [-0.4, -0.2) is 47.0 Å². The van der Waals surface area contributed by atoms with Crippen molar-refractivity contribution in [1.29, 1.82) is 0 Å². The van der Waals surface area contributed by atoms with E-state index in [0.29, 0.717) is 12.4 Å². The van der Waals surface area contributed by atoms with Crippen LogP contribution in [0.2, 0.25) is 5.15 Å². The first-order chi connectivity index (χ1) is 7.90. The zero-order valence-electron chi connectivity index (χ0n) is 9.89. The molecule has 0 unspecified atom stereocenters. The molecule has 0 atom stereocenters. The van der Waals surface area contributed by atoms with Crippen molar-refractivity contribution < 1.29 is 10.2 Å². The Morgan fingerprint density at radius 2 is 2.00 bits per heavy atom. The molecule has 0 aliphatic rings. The first-order valence-electron chi connectivity index (χ1n) is 5.13. The van der Waals surface area contributed by atoms with Gasteiger partial charge in [-0.2, -0.15) is 4.98 Å². The third-order valence-electron chi connectivity index (χ3n) is 2.47. The lowest BCUT2D eigenvalue weighted by molar-refractivity contribution is 0.0761. The summed E-state index contributed by atoms with van der Waals surface area (Å²) in [6.45, 7) is 1.95. The molecule has 0 amide bonds. The number of nitrogen functional groups attached to an aromatic ring is 1. The fraction of sp³-hybridized carbons (Fsp3) is 0.600. The summed E-state index contributed by atoms with van der Waals surface area (Å²) in [5, 5.41) is 18.7. The standard InChI is InChI=1S/C10H17ClN4O2/c1-10(5-16,6-17)4-15(2)8-3-7(11)13-9(12)14-8/h3,16-17H,4-6H2,1-2H3,(H2,12,13,14). The molecule has 17 heavy (non-hydrogen) atoms. The number of aliphatic hydroxyl groups is 2. The normalized spacial score (nSPS) is 11.6. The Morgan fingerprint density at radius 1 is 1.41 bits per heavy atom. The molecule has 4 N–H and O–H groups in total. The van der Waals surface area contributed by atoms with Crippen LogP contribution in [0.4, 0.5) is 11.8 Å². The van der Waals surface area contributed by atoms with E-state index in [1.807, 2.05) is 0 Å². The summed E-state index contributed by atoms with van der Waals surface area (Å²) in [6.07, 6.45) is 0. The number of anilines is 2. The van der Waals surface area contributed by atoms with Crippen LogP contribution in [0.3, 0.4) is 0 Å². The largest absolute Gasteiger partial charge is 0.396 e. The highest BCUT2D eigenvalue weighted by Crippen LogP contribution is 2.21. The maximum absolute atomic E-state index is 9.22. The molecule has 0 aliphatic carbocycles. The third-order valence-corrected chi connectivity index (χ3v) is 2.67. The number of aliphatic hydroxyl groups excluding tert-OH is 2. The zero-order valence-corrected chi connectivity index (χ0v) is 10.6. The Kier molecular flexibility index (Phi) is 4.50. The minimum atomic E-state index is -0.610. The maximum Gasteiger partial charge on any atom is 0.223 e. The topological polar surface area (TPSA) is 95.5 Å². The zero-order chi connectivity index (χ0) is 13.1. The summed E-state index contributed by atoms with van der Waals surface area (Å²) in [7, 11) is 1.78. The van der Waals surface area contributed by atoms with E-state index >= 15 is 0 Å². The summed E-state index contributed by atoms with van der Waals surface area (Å²) in [4.78, 5) is 9.55. The van der Waals surface area contributed by atoms with Crippen molar-refractivity contribution in [3.05, 3.63) is 11.2 Å². The van der Waals surface area contributed by atoms with Gasteiger partial charge >= 0.3 is 0 Å². The van der Waals surface area contributed by atoms with Gasteiger partial charge in [0.1, 0.15) is 11.0 Å². The van der Waals surface area contributed by atoms with Crippen molar-refractivity contribution >= 4 is 23.4 Å². The van der Waals surface area contributed by atoms with Gasteiger partial charge in [0.2, 0.25) is 5.95 Å². The fourth-order valence-electron chi connectivity index (χ4n) is 1.42. The molecule has 96 valence electrons. The van der Waals surface area contributed by atoms with Crippen LogP contribution in [0.25, 0.3) is 0 Å². The van der Waals surface area contributed by atoms with Crippen LogP contribution in [-0.2, 0) is 0 Å². The summed E-state index contributed by atoms with van der Waals surface area (Å²) < 4.78 is 0. The van der Waals surface area contributed by atoms with Crippen LogP contribution in [0.15, 0.2) is 6.07 Å². The van der Waals surface area contributed by atoms with Crippen molar-refractivity contribution in [2.45, 2.75) is 6.92 Å². The number of hydrogen-bond donors (Lipinski definition) is 3. The molecule has 0 radical (unpaired) electrons. The van der Waals surface area contributed by atoms with E-state index in [1.54, 1.807) is 24.9 Å². The van der Waals surface area contributed by atoms with E-state index in [0.717, 1.165) is 0 Å². The lowest BCUT2D eigenvalue weighted by atomic mass is 9.92. The van der Waals surface area contributed by atoms with Gasteiger partial charge in [-0.25, -0.2) is 4.98 Å². The van der Waals surface area contributed by atoms with Crippen molar-refractivity contribution in [3.8, 4) is 0 Å². The minimum absolute atomic E-state index is 0.0917. The number of rotatable bonds is 5. The van der Waals surface area contributed by atoms with E-state index < -0.39 is 5.41 Å². The van der Waals surface area contributed by atoms with Crippen molar-refractivity contribution in [2.75, 3.05) is 37.4 Å². The van der Waals surface area contributed by atoms with Crippen molar-refractivity contribution in [2.24, 2.45) is 5.41 Å². The molecule has 0 fully saturated rings. The number of nitrogens with zero attached hydrogens (tertiary/aromatic N) is 3. The average molecular weight is 261 g/mol. The van der Waals surface area contributed by atoms with Gasteiger partial charge in [-0.3, -0.25) is 0 Å². The van der Waals surface area contributed by atoms with Crippen LogP contribution >= 0.6 is 11.6 Å². The highest BCUT2D eigenvalue weighted by atomic mass is 35.5. The van der Waals surface area contributed by atoms with E-state index in [4.69, 9.17) is 17.3 Å². The van der Waals surface area contributed by atoms with Crippen LogP contribution in [0.1, 0.15) is 6.92 Å². The second kappa shape index (κ2) is 5.48. The monoisotopic (exact) mass is 260 g/mol. The number of halogens is 1. The van der Waals surface area contributed by atoms with Crippen LogP contribution < -0.4 is 10.6 Å². The van der Waals surface area contributed by atoms with E-state index in [-0.39, 0.29) is 24.3 Å². The van der Waals surface area contributed by atoms with E-state index in [1.165, 1.54) is 0 Å². The molecular formula is C10H17ClN4O2. The second-order valence-electron chi connectivity index (χ2n) is 4.39. The van der Waals surface area contributed by atoms with E-state index in [9.17, 15) is 10.2 Å². The lowest BCUT2D eigenvalue weighted by Gasteiger charge is -2.31. The maximum atomic E-state index is 9.22. The summed E-state index contributed by atoms with van der Waals surface area (Å²) in [5.74, 6) is 0.643. The van der Waals surface area contributed by atoms with Gasteiger partial charge in [0.15, 0.2) is 0 Å². The molecule has 1 heterocycles. The molecule has 7 heteroatoms. The first kappa shape index (κ1) is 14.0. The SMILES string of the molecule is CN(CC(C)(CO)CO)c1cc(Cl)nc(N)n1. The van der Waals surface area contributed by atoms with Gasteiger partial charge in [-0.05, 0) is 0 Å². The quantitative estimate of drug-likeness (QED) is 0.652. The number of aromatic nitrogens is 2. The molecular weight excluding hydrogens is 244 g/mol. The highest BCUT2D eigenvalue weighted by molar-refractivity contribution is 6.29. The Labute approximate surface area is 105 Å². The first-order valence-corrected chi connectivity index (χ1v) is 5.51.